The first-order valence-electron chi connectivity index (χ1n) is 9.21. The molecule has 0 spiro atoms. The number of nitrogens with one attached hydrogen (secondary N) is 1. The third-order valence-electron chi connectivity index (χ3n) is 4.49. The third kappa shape index (κ3) is 4.92. The van der Waals surface area contributed by atoms with Crippen LogP contribution in [0.1, 0.15) is 30.1 Å². The summed E-state index contributed by atoms with van der Waals surface area (Å²) in [5.41, 5.74) is -0.136. The molecular weight excluding hydrogens is 445 g/mol. The van der Waals surface area contributed by atoms with E-state index in [1.165, 1.54) is 11.3 Å². The van der Waals surface area contributed by atoms with E-state index in [-0.39, 0.29) is 12.4 Å². The van der Waals surface area contributed by atoms with Crippen molar-refractivity contribution in [3.8, 4) is 10.4 Å². The van der Waals surface area contributed by atoms with Crippen molar-refractivity contribution < 1.29 is 22.8 Å². The maximum Gasteiger partial charge on any atom is 0.433 e. The van der Waals surface area contributed by atoms with Gasteiger partial charge in [0.15, 0.2) is 0 Å². The molecule has 168 valence electrons. The number of anilines is 2. The second-order valence-corrected chi connectivity index (χ2v) is 8.48. The van der Waals surface area contributed by atoms with Gasteiger partial charge in [0.1, 0.15) is 10.7 Å². The molecular formula is C20H19F3N6O2S. The highest BCUT2D eigenvalue weighted by molar-refractivity contribution is 7.15. The van der Waals surface area contributed by atoms with Crippen molar-refractivity contribution >= 4 is 35.3 Å². The number of nitrogens with two attached hydrogens (primary N) is 1. The number of alkyl halides is 3. The van der Waals surface area contributed by atoms with Gasteiger partial charge in [0.05, 0.1) is 10.3 Å². The summed E-state index contributed by atoms with van der Waals surface area (Å²) in [5.74, 6) is 4.61. The van der Waals surface area contributed by atoms with Crippen LogP contribution < -0.4 is 11.2 Å². The van der Waals surface area contributed by atoms with E-state index in [1.54, 1.807) is 32.2 Å². The molecule has 0 aliphatic heterocycles. The summed E-state index contributed by atoms with van der Waals surface area (Å²) in [5, 5.41) is 3.72. The Morgan fingerprint density at radius 1 is 1.22 bits per heavy atom. The Bertz CT molecular complexity index is 1160. The van der Waals surface area contributed by atoms with Crippen molar-refractivity contribution in [1.82, 2.24) is 20.0 Å². The molecule has 0 saturated heterocycles. The molecule has 3 rings (SSSR count). The number of amides is 2. The van der Waals surface area contributed by atoms with Crippen LogP contribution in [0.5, 0.6) is 0 Å². The smallest absolute Gasteiger partial charge is 0.324 e. The normalized spacial score (nSPS) is 11.8. The van der Waals surface area contributed by atoms with Gasteiger partial charge in [-0.05, 0) is 50.1 Å². The second kappa shape index (κ2) is 8.63. The van der Waals surface area contributed by atoms with E-state index in [0.29, 0.717) is 20.6 Å². The zero-order chi connectivity index (χ0) is 23.7. The molecule has 0 fully saturated rings. The number of thiazole rings is 1. The Morgan fingerprint density at radius 3 is 2.59 bits per heavy atom. The first-order chi connectivity index (χ1) is 14.9. The van der Waals surface area contributed by atoms with Gasteiger partial charge in [-0.3, -0.25) is 9.59 Å². The van der Waals surface area contributed by atoms with Crippen LogP contribution in [0.25, 0.3) is 10.4 Å². The topological polar surface area (TPSA) is 114 Å². The van der Waals surface area contributed by atoms with Gasteiger partial charge in [0.25, 0.3) is 5.91 Å². The summed E-state index contributed by atoms with van der Waals surface area (Å²) in [4.78, 5) is 35.6. The fraction of sp³-hybridized carbons (Fsp3) is 0.250. The molecule has 0 radical (unpaired) electrons. The van der Waals surface area contributed by atoms with Gasteiger partial charge < -0.3 is 5.32 Å². The average Bonchev–Trinajstić information content (AvgIpc) is 3.23. The SMILES string of the molecule is Cc1cc(Nc2nccc(C(F)(F)F)n2)cc(-c2cnc(C(C)(C)C(=O)N(N)C=O)s2)c1. The lowest BCUT2D eigenvalue weighted by Crippen LogP contribution is -2.46. The fourth-order valence-corrected chi connectivity index (χ4v) is 3.86. The second-order valence-electron chi connectivity index (χ2n) is 7.45. The number of nitrogens with zero attached hydrogens (tertiary/aromatic N) is 4. The molecule has 12 heteroatoms. The molecule has 0 atom stereocenters. The number of hydrazine groups is 1. The van der Waals surface area contributed by atoms with Crippen molar-refractivity contribution in [2.24, 2.45) is 5.84 Å². The molecule has 0 aliphatic rings. The van der Waals surface area contributed by atoms with Gasteiger partial charge in [-0.2, -0.15) is 13.2 Å². The van der Waals surface area contributed by atoms with Crippen LogP contribution in [0, 0.1) is 6.92 Å². The standard InChI is InChI=1S/C20H19F3N6O2S/c1-11-6-12(14-9-26-16(32-14)19(2,3)17(31)29(24)10-30)8-13(7-11)27-18-25-5-4-15(28-18)20(21,22)23/h4-10H,24H2,1-3H3,(H,25,27,28). The van der Waals surface area contributed by atoms with E-state index in [2.05, 4.69) is 20.3 Å². The third-order valence-corrected chi connectivity index (χ3v) is 5.86. The van der Waals surface area contributed by atoms with Gasteiger partial charge in [-0.1, -0.05) is 6.07 Å². The lowest BCUT2D eigenvalue weighted by molar-refractivity contribution is -0.142. The molecule has 3 N–H and O–H groups in total. The van der Waals surface area contributed by atoms with Crippen LogP contribution in [-0.4, -0.2) is 32.3 Å². The van der Waals surface area contributed by atoms with Crippen molar-refractivity contribution in [1.29, 1.82) is 0 Å². The molecule has 0 saturated carbocycles. The van der Waals surface area contributed by atoms with E-state index >= 15 is 0 Å². The number of hydrogen-bond acceptors (Lipinski definition) is 8. The maximum atomic E-state index is 12.9. The Balaban J connectivity index is 1.91. The predicted octanol–water partition coefficient (Wildman–Crippen LogP) is 3.81. The number of hydrogen-bond donors (Lipinski definition) is 2. The number of halogens is 3. The van der Waals surface area contributed by atoms with Crippen molar-refractivity contribution in [3.05, 3.63) is 52.9 Å². The number of aryl methyl sites for hydroxylation is 1. The van der Waals surface area contributed by atoms with Crippen LogP contribution in [0.4, 0.5) is 24.8 Å². The highest BCUT2D eigenvalue weighted by atomic mass is 32.1. The summed E-state index contributed by atoms with van der Waals surface area (Å²) in [7, 11) is 0. The highest BCUT2D eigenvalue weighted by Crippen LogP contribution is 2.35. The molecule has 32 heavy (non-hydrogen) atoms. The molecule has 0 aliphatic carbocycles. The molecule has 2 amide bonds. The zero-order valence-corrected chi connectivity index (χ0v) is 18.1. The Morgan fingerprint density at radius 2 is 1.94 bits per heavy atom. The summed E-state index contributed by atoms with van der Waals surface area (Å²) in [6.07, 6.45) is -1.74. The van der Waals surface area contributed by atoms with Gasteiger partial charge in [0.2, 0.25) is 12.4 Å². The van der Waals surface area contributed by atoms with E-state index in [0.717, 1.165) is 23.4 Å². The zero-order valence-electron chi connectivity index (χ0n) is 17.3. The van der Waals surface area contributed by atoms with Crippen molar-refractivity contribution in [2.45, 2.75) is 32.4 Å². The fourth-order valence-electron chi connectivity index (χ4n) is 2.86. The molecule has 0 unspecified atom stereocenters. The monoisotopic (exact) mass is 464 g/mol. The summed E-state index contributed by atoms with van der Waals surface area (Å²) in [6.45, 7) is 5.04. The van der Waals surface area contributed by atoms with Crippen LogP contribution >= 0.6 is 11.3 Å². The number of rotatable bonds is 6. The molecule has 3 aromatic rings. The summed E-state index contributed by atoms with van der Waals surface area (Å²) in [6, 6.07) is 6.11. The van der Waals surface area contributed by atoms with Crippen molar-refractivity contribution in [2.75, 3.05) is 5.32 Å². The first-order valence-corrected chi connectivity index (χ1v) is 10.0. The number of benzene rings is 1. The van der Waals surface area contributed by atoms with Gasteiger partial charge >= 0.3 is 6.18 Å². The lowest BCUT2D eigenvalue weighted by Gasteiger charge is -2.23. The maximum absolute atomic E-state index is 12.9. The minimum absolute atomic E-state index is 0.190. The summed E-state index contributed by atoms with van der Waals surface area (Å²) < 4.78 is 38.7. The quantitative estimate of drug-likeness (QED) is 0.247. The van der Waals surface area contributed by atoms with Crippen LogP contribution in [0.3, 0.4) is 0 Å². The molecule has 0 bridgehead atoms. The van der Waals surface area contributed by atoms with Gasteiger partial charge in [-0.15, -0.1) is 11.3 Å². The number of aromatic nitrogens is 3. The van der Waals surface area contributed by atoms with E-state index in [4.69, 9.17) is 5.84 Å². The lowest BCUT2D eigenvalue weighted by atomic mass is 9.93. The van der Waals surface area contributed by atoms with Gasteiger partial charge in [0, 0.05) is 18.1 Å². The Hall–Kier alpha value is -3.38. The summed E-state index contributed by atoms with van der Waals surface area (Å²) >= 11 is 1.24. The number of imide groups is 1. The van der Waals surface area contributed by atoms with E-state index in [1.807, 2.05) is 13.0 Å². The molecule has 8 nitrogen and oxygen atoms in total. The average molecular weight is 464 g/mol. The number of carbonyl (C=O) groups is 2. The van der Waals surface area contributed by atoms with Crippen LogP contribution in [0.2, 0.25) is 0 Å². The van der Waals surface area contributed by atoms with E-state index in [9.17, 15) is 22.8 Å². The van der Waals surface area contributed by atoms with Crippen molar-refractivity contribution in [3.63, 3.8) is 0 Å². The largest absolute Gasteiger partial charge is 0.433 e. The van der Waals surface area contributed by atoms with Crippen LogP contribution in [-0.2, 0) is 21.2 Å². The minimum Gasteiger partial charge on any atom is -0.324 e. The predicted molar refractivity (Wildman–Crippen MR) is 113 cm³/mol. The number of carbonyl (C=O) groups excluding carboxylic acids is 2. The van der Waals surface area contributed by atoms with E-state index < -0.39 is 23.2 Å². The van der Waals surface area contributed by atoms with Crippen LogP contribution in [0.15, 0.2) is 36.7 Å². The first kappa shape index (κ1) is 23.3. The molecule has 2 aromatic heterocycles. The Kier molecular flexibility index (Phi) is 6.28. The molecule has 1 aromatic carbocycles. The molecule has 2 heterocycles. The Labute approximate surface area is 185 Å². The highest BCUT2D eigenvalue weighted by Gasteiger charge is 2.36. The minimum atomic E-state index is -4.58. The van der Waals surface area contributed by atoms with Gasteiger partial charge in [-0.25, -0.2) is 25.8 Å².